The van der Waals surface area contributed by atoms with Gasteiger partial charge in [-0.15, -0.1) is 0 Å². The lowest BCUT2D eigenvalue weighted by Crippen LogP contribution is -2.30. The highest BCUT2D eigenvalue weighted by Gasteiger charge is 2.14. The second-order valence-electron chi connectivity index (χ2n) is 4.01. The first-order valence-corrected chi connectivity index (χ1v) is 5.13. The fourth-order valence-corrected chi connectivity index (χ4v) is 1.52. The molecule has 3 N–H and O–H groups in total. The van der Waals surface area contributed by atoms with Crippen molar-refractivity contribution < 1.29 is 9.59 Å². The Labute approximate surface area is 94.8 Å². The Balaban J connectivity index is 3.11. The fourth-order valence-electron chi connectivity index (χ4n) is 1.52. The van der Waals surface area contributed by atoms with Crippen LogP contribution >= 0.6 is 0 Å². The maximum atomic E-state index is 11.3. The van der Waals surface area contributed by atoms with E-state index in [4.69, 9.17) is 5.73 Å². The minimum Gasteiger partial charge on any atom is -0.361 e. The van der Waals surface area contributed by atoms with Crippen molar-refractivity contribution in [3.63, 3.8) is 0 Å². The third-order valence-corrected chi connectivity index (χ3v) is 2.39. The van der Waals surface area contributed by atoms with Crippen LogP contribution in [0.3, 0.4) is 0 Å². The van der Waals surface area contributed by atoms with Gasteiger partial charge >= 0.3 is 11.8 Å². The number of nitrogens with one attached hydrogen (secondary N) is 1. The normalized spacial score (nSPS) is 10.2. The molecular weight excluding hydrogens is 204 g/mol. The van der Waals surface area contributed by atoms with Crippen molar-refractivity contribution in [2.75, 3.05) is 5.32 Å². The number of rotatable bonds is 2. The van der Waals surface area contributed by atoms with Gasteiger partial charge in [-0.1, -0.05) is 32.0 Å². The summed E-state index contributed by atoms with van der Waals surface area (Å²) in [6.45, 7) is 5.92. The van der Waals surface area contributed by atoms with Gasteiger partial charge in [0.1, 0.15) is 0 Å². The van der Waals surface area contributed by atoms with E-state index in [0.717, 1.165) is 11.1 Å². The van der Waals surface area contributed by atoms with Crippen molar-refractivity contribution >= 4 is 17.5 Å². The quantitative estimate of drug-likeness (QED) is 0.742. The fraction of sp³-hybridized carbons (Fsp3) is 0.333. The molecule has 0 aliphatic rings. The summed E-state index contributed by atoms with van der Waals surface area (Å²) in [7, 11) is 0. The molecule has 1 aromatic carbocycles. The summed E-state index contributed by atoms with van der Waals surface area (Å²) >= 11 is 0. The van der Waals surface area contributed by atoms with Crippen molar-refractivity contribution in [3.05, 3.63) is 29.3 Å². The van der Waals surface area contributed by atoms with Crippen molar-refractivity contribution in [2.24, 2.45) is 5.73 Å². The van der Waals surface area contributed by atoms with Crippen LogP contribution in [-0.4, -0.2) is 11.8 Å². The number of hydrogen-bond donors (Lipinski definition) is 2. The van der Waals surface area contributed by atoms with Crippen molar-refractivity contribution in [2.45, 2.75) is 26.7 Å². The second kappa shape index (κ2) is 4.79. The number of carbonyl (C=O) groups excluding carboxylic acids is 2. The van der Waals surface area contributed by atoms with Crippen LogP contribution in [0.15, 0.2) is 18.2 Å². The molecule has 0 aliphatic heterocycles. The van der Waals surface area contributed by atoms with Gasteiger partial charge < -0.3 is 11.1 Å². The third kappa shape index (κ3) is 2.59. The molecule has 0 saturated heterocycles. The standard InChI is InChI=1S/C12H16N2O2/c1-7(2)9-6-4-5-8(3)10(9)14-12(16)11(13)15/h4-7H,1-3H3,(H2,13,15)(H,14,16). The van der Waals surface area contributed by atoms with Gasteiger partial charge in [0.25, 0.3) is 0 Å². The van der Waals surface area contributed by atoms with Crippen LogP contribution in [0.4, 0.5) is 5.69 Å². The van der Waals surface area contributed by atoms with E-state index in [1.165, 1.54) is 0 Å². The number of para-hydroxylation sites is 1. The zero-order chi connectivity index (χ0) is 12.3. The molecule has 0 aromatic heterocycles. The highest BCUT2D eigenvalue weighted by Crippen LogP contribution is 2.27. The predicted octanol–water partition coefficient (Wildman–Crippen LogP) is 1.54. The van der Waals surface area contributed by atoms with Crippen molar-refractivity contribution in [1.82, 2.24) is 0 Å². The Bertz CT molecular complexity index is 425. The first-order chi connectivity index (χ1) is 7.43. The number of nitrogens with two attached hydrogens (primary N) is 1. The minimum atomic E-state index is -0.974. The molecule has 2 amide bonds. The van der Waals surface area contributed by atoms with Crippen LogP contribution < -0.4 is 11.1 Å². The Kier molecular flexibility index (Phi) is 3.66. The van der Waals surface area contributed by atoms with E-state index in [1.54, 1.807) is 0 Å². The van der Waals surface area contributed by atoms with Gasteiger partial charge in [0, 0.05) is 5.69 Å². The average Bonchev–Trinajstić information content (AvgIpc) is 2.20. The average molecular weight is 220 g/mol. The molecule has 0 bridgehead atoms. The van der Waals surface area contributed by atoms with Crippen LogP contribution in [0.1, 0.15) is 30.9 Å². The minimum absolute atomic E-state index is 0.267. The van der Waals surface area contributed by atoms with Gasteiger partial charge in [-0.25, -0.2) is 0 Å². The molecule has 0 saturated carbocycles. The molecule has 86 valence electrons. The van der Waals surface area contributed by atoms with Crippen LogP contribution in [0, 0.1) is 6.92 Å². The number of benzene rings is 1. The molecule has 4 heteroatoms. The molecule has 16 heavy (non-hydrogen) atoms. The van der Waals surface area contributed by atoms with E-state index in [-0.39, 0.29) is 5.92 Å². The summed E-state index contributed by atoms with van der Waals surface area (Å²) in [5.41, 5.74) is 7.50. The molecule has 1 aromatic rings. The highest BCUT2D eigenvalue weighted by molar-refractivity contribution is 6.39. The molecule has 1 rings (SSSR count). The number of primary amides is 1. The lowest BCUT2D eigenvalue weighted by molar-refractivity contribution is -0.134. The summed E-state index contributed by atoms with van der Waals surface area (Å²) in [5, 5.41) is 2.55. The smallest absolute Gasteiger partial charge is 0.313 e. The highest BCUT2D eigenvalue weighted by atomic mass is 16.2. The van der Waals surface area contributed by atoms with Crippen molar-refractivity contribution in [3.8, 4) is 0 Å². The summed E-state index contributed by atoms with van der Waals surface area (Å²) in [4.78, 5) is 22.0. The van der Waals surface area contributed by atoms with E-state index >= 15 is 0 Å². The summed E-state index contributed by atoms with van der Waals surface area (Å²) in [6, 6.07) is 5.72. The van der Waals surface area contributed by atoms with Crippen molar-refractivity contribution in [1.29, 1.82) is 0 Å². The third-order valence-electron chi connectivity index (χ3n) is 2.39. The molecule has 0 heterocycles. The maximum Gasteiger partial charge on any atom is 0.313 e. The number of amides is 2. The number of aryl methyl sites for hydroxylation is 1. The summed E-state index contributed by atoms with van der Waals surface area (Å²) in [6.07, 6.45) is 0. The van der Waals surface area contributed by atoms with Crippen LogP contribution in [0.25, 0.3) is 0 Å². The summed E-state index contributed by atoms with van der Waals surface area (Å²) in [5.74, 6) is -1.49. The Hall–Kier alpha value is -1.84. The molecular formula is C12H16N2O2. The van der Waals surface area contributed by atoms with E-state index in [9.17, 15) is 9.59 Å². The topological polar surface area (TPSA) is 72.2 Å². The first-order valence-electron chi connectivity index (χ1n) is 5.13. The lowest BCUT2D eigenvalue weighted by Gasteiger charge is -2.15. The van der Waals surface area contributed by atoms with Gasteiger partial charge in [-0.3, -0.25) is 9.59 Å². The van der Waals surface area contributed by atoms with Gasteiger partial charge in [0.05, 0.1) is 0 Å². The van der Waals surface area contributed by atoms with E-state index in [0.29, 0.717) is 5.69 Å². The van der Waals surface area contributed by atoms with Gasteiger partial charge in [-0.2, -0.15) is 0 Å². The predicted molar refractivity (Wildman–Crippen MR) is 63.1 cm³/mol. The number of carbonyl (C=O) groups is 2. The van der Waals surface area contributed by atoms with Gasteiger partial charge in [0.15, 0.2) is 0 Å². The SMILES string of the molecule is Cc1cccc(C(C)C)c1NC(=O)C(N)=O. The lowest BCUT2D eigenvalue weighted by atomic mass is 9.98. The molecule has 0 fully saturated rings. The maximum absolute atomic E-state index is 11.3. The Morgan fingerprint density at radius 1 is 1.31 bits per heavy atom. The monoisotopic (exact) mass is 220 g/mol. The van der Waals surface area contributed by atoms with Crippen LogP contribution in [-0.2, 0) is 9.59 Å². The summed E-state index contributed by atoms with van der Waals surface area (Å²) < 4.78 is 0. The first kappa shape index (κ1) is 12.2. The zero-order valence-electron chi connectivity index (χ0n) is 9.70. The molecule has 0 aliphatic carbocycles. The second-order valence-corrected chi connectivity index (χ2v) is 4.01. The van der Waals surface area contributed by atoms with Gasteiger partial charge in [-0.05, 0) is 24.0 Å². The van der Waals surface area contributed by atoms with E-state index < -0.39 is 11.8 Å². The largest absolute Gasteiger partial charge is 0.361 e. The van der Waals surface area contributed by atoms with Crippen LogP contribution in [0.2, 0.25) is 0 Å². The molecule has 0 radical (unpaired) electrons. The zero-order valence-corrected chi connectivity index (χ0v) is 9.70. The van der Waals surface area contributed by atoms with Gasteiger partial charge in [0.2, 0.25) is 0 Å². The van der Waals surface area contributed by atoms with E-state index in [1.807, 2.05) is 39.0 Å². The molecule has 0 unspecified atom stereocenters. The Morgan fingerprint density at radius 3 is 2.44 bits per heavy atom. The van der Waals surface area contributed by atoms with Crippen LogP contribution in [0.5, 0.6) is 0 Å². The number of anilines is 1. The molecule has 4 nitrogen and oxygen atoms in total. The van der Waals surface area contributed by atoms with E-state index in [2.05, 4.69) is 5.32 Å². The Morgan fingerprint density at radius 2 is 1.94 bits per heavy atom. The molecule has 0 spiro atoms. The molecule has 0 atom stereocenters. The number of hydrogen-bond acceptors (Lipinski definition) is 2.